The van der Waals surface area contributed by atoms with Crippen molar-refractivity contribution in [1.29, 1.82) is 0 Å². The van der Waals surface area contributed by atoms with Crippen molar-refractivity contribution in [2.24, 2.45) is 0 Å². The molecule has 5 heteroatoms. The van der Waals surface area contributed by atoms with Crippen molar-refractivity contribution in [3.63, 3.8) is 0 Å². The Hall–Kier alpha value is -2.79. The van der Waals surface area contributed by atoms with Gasteiger partial charge in [0.15, 0.2) is 0 Å². The van der Waals surface area contributed by atoms with Crippen LogP contribution in [-0.2, 0) is 6.54 Å². The minimum atomic E-state index is -0.0357. The zero-order chi connectivity index (χ0) is 18.1. The van der Waals surface area contributed by atoms with Gasteiger partial charge in [-0.2, -0.15) is 0 Å². The molecule has 0 spiro atoms. The lowest BCUT2D eigenvalue weighted by Crippen LogP contribution is -2.21. The van der Waals surface area contributed by atoms with Crippen LogP contribution in [0.1, 0.15) is 31.0 Å². The van der Waals surface area contributed by atoms with Crippen LogP contribution in [0.3, 0.4) is 0 Å². The largest absolute Gasteiger partial charge is 0.293 e. The minimum absolute atomic E-state index is 0.0357. The summed E-state index contributed by atoms with van der Waals surface area (Å²) < 4.78 is 1.61. The minimum Gasteiger partial charge on any atom is -0.293 e. The summed E-state index contributed by atoms with van der Waals surface area (Å²) in [4.78, 5) is 21.7. The number of aromatic nitrogens is 3. The van der Waals surface area contributed by atoms with Gasteiger partial charge < -0.3 is 0 Å². The summed E-state index contributed by atoms with van der Waals surface area (Å²) in [6, 6.07) is 15.9. The highest BCUT2D eigenvalue weighted by Gasteiger charge is 2.09. The topological polar surface area (TPSA) is 47.8 Å². The Morgan fingerprint density at radius 2 is 1.85 bits per heavy atom. The summed E-state index contributed by atoms with van der Waals surface area (Å²) in [7, 11) is 0. The molecule has 26 heavy (non-hydrogen) atoms. The first kappa shape index (κ1) is 16.7. The fourth-order valence-corrected chi connectivity index (χ4v) is 3.73. The van der Waals surface area contributed by atoms with Crippen LogP contribution in [0.5, 0.6) is 0 Å². The summed E-state index contributed by atoms with van der Waals surface area (Å²) in [5.41, 5.74) is 3.98. The second-order valence-electron chi connectivity index (χ2n) is 6.62. The monoisotopic (exact) mass is 361 g/mol. The number of rotatable bonds is 4. The highest BCUT2D eigenvalue weighted by atomic mass is 32.1. The zero-order valence-corrected chi connectivity index (χ0v) is 15.5. The van der Waals surface area contributed by atoms with Gasteiger partial charge in [-0.15, -0.1) is 11.3 Å². The molecule has 0 saturated heterocycles. The van der Waals surface area contributed by atoms with E-state index in [-0.39, 0.29) is 5.56 Å². The first-order valence-corrected chi connectivity index (χ1v) is 9.48. The van der Waals surface area contributed by atoms with Gasteiger partial charge in [0.1, 0.15) is 5.01 Å². The third-order valence-electron chi connectivity index (χ3n) is 4.44. The Balaban J connectivity index is 1.61. The Labute approximate surface area is 155 Å². The molecule has 0 amide bonds. The number of hydrogen-bond acceptors (Lipinski definition) is 4. The van der Waals surface area contributed by atoms with Crippen molar-refractivity contribution in [1.82, 2.24) is 14.5 Å². The molecule has 2 aromatic heterocycles. The maximum Gasteiger partial charge on any atom is 0.261 e. The number of nitrogens with zero attached hydrogens (tertiary/aromatic N) is 3. The molecule has 2 aromatic carbocycles. The molecule has 0 radical (unpaired) electrons. The molecule has 0 saturated carbocycles. The van der Waals surface area contributed by atoms with Crippen LogP contribution in [0.15, 0.2) is 65.0 Å². The van der Waals surface area contributed by atoms with Gasteiger partial charge in [-0.1, -0.05) is 50.2 Å². The molecule has 0 aliphatic carbocycles. The number of hydrogen-bond donors (Lipinski definition) is 0. The average molecular weight is 361 g/mol. The van der Waals surface area contributed by atoms with Crippen LogP contribution >= 0.6 is 11.3 Å². The van der Waals surface area contributed by atoms with Gasteiger partial charge in [0.2, 0.25) is 0 Å². The van der Waals surface area contributed by atoms with Gasteiger partial charge in [-0.05, 0) is 23.6 Å². The average Bonchev–Trinajstić information content (AvgIpc) is 3.13. The van der Waals surface area contributed by atoms with Crippen LogP contribution in [-0.4, -0.2) is 14.5 Å². The van der Waals surface area contributed by atoms with E-state index in [0.717, 1.165) is 21.8 Å². The van der Waals surface area contributed by atoms with Gasteiger partial charge in [0.25, 0.3) is 5.56 Å². The highest BCUT2D eigenvalue weighted by molar-refractivity contribution is 7.13. The van der Waals surface area contributed by atoms with Crippen molar-refractivity contribution in [2.45, 2.75) is 26.3 Å². The fraction of sp³-hybridized carbons (Fsp3) is 0.190. The second kappa shape index (κ2) is 6.84. The fourth-order valence-electron chi connectivity index (χ4n) is 2.92. The molecule has 130 valence electrons. The van der Waals surface area contributed by atoms with E-state index in [1.54, 1.807) is 22.2 Å². The van der Waals surface area contributed by atoms with Gasteiger partial charge in [-0.3, -0.25) is 9.36 Å². The Bertz CT molecular complexity index is 1110. The number of benzene rings is 2. The molecule has 0 unspecified atom stereocenters. The summed E-state index contributed by atoms with van der Waals surface area (Å²) in [6.45, 7) is 4.80. The first-order chi connectivity index (χ1) is 12.6. The van der Waals surface area contributed by atoms with Crippen molar-refractivity contribution in [3.05, 3.63) is 81.8 Å². The quantitative estimate of drug-likeness (QED) is 0.530. The van der Waals surface area contributed by atoms with E-state index in [4.69, 9.17) is 4.98 Å². The van der Waals surface area contributed by atoms with Crippen molar-refractivity contribution in [3.8, 4) is 10.6 Å². The van der Waals surface area contributed by atoms with E-state index >= 15 is 0 Å². The zero-order valence-electron chi connectivity index (χ0n) is 14.7. The van der Waals surface area contributed by atoms with E-state index in [1.807, 2.05) is 29.6 Å². The SMILES string of the molecule is CC(C)c1ccc(-c2nc(Cn3cnc4ccccc4c3=O)cs2)cc1. The lowest BCUT2D eigenvalue weighted by molar-refractivity contribution is 0.734. The molecule has 0 bridgehead atoms. The van der Waals surface area contributed by atoms with Crippen molar-refractivity contribution < 1.29 is 0 Å². The Kier molecular flexibility index (Phi) is 4.39. The van der Waals surface area contributed by atoms with E-state index in [1.165, 1.54) is 5.56 Å². The van der Waals surface area contributed by atoms with E-state index < -0.39 is 0 Å². The summed E-state index contributed by atoms with van der Waals surface area (Å²) in [6.07, 6.45) is 1.60. The predicted molar refractivity (Wildman–Crippen MR) is 107 cm³/mol. The maximum atomic E-state index is 12.6. The molecule has 4 rings (SSSR count). The molecular weight excluding hydrogens is 342 g/mol. The van der Waals surface area contributed by atoms with Crippen molar-refractivity contribution in [2.75, 3.05) is 0 Å². The van der Waals surface area contributed by atoms with Crippen LogP contribution in [0.25, 0.3) is 21.5 Å². The van der Waals surface area contributed by atoms with Gasteiger partial charge in [0.05, 0.1) is 29.5 Å². The molecule has 4 aromatic rings. The molecular formula is C21H19N3OS. The second-order valence-corrected chi connectivity index (χ2v) is 7.47. The molecule has 0 atom stereocenters. The molecule has 2 heterocycles. The van der Waals surface area contributed by atoms with Crippen LogP contribution in [0, 0.1) is 0 Å². The van der Waals surface area contributed by atoms with Crippen LogP contribution in [0.4, 0.5) is 0 Å². The lowest BCUT2D eigenvalue weighted by Gasteiger charge is -2.05. The Morgan fingerprint density at radius 3 is 2.62 bits per heavy atom. The number of thiazole rings is 1. The third kappa shape index (κ3) is 3.18. The van der Waals surface area contributed by atoms with Gasteiger partial charge in [0, 0.05) is 10.9 Å². The molecule has 0 fully saturated rings. The van der Waals surface area contributed by atoms with Crippen LogP contribution < -0.4 is 5.56 Å². The van der Waals surface area contributed by atoms with Crippen LogP contribution in [0.2, 0.25) is 0 Å². The van der Waals surface area contributed by atoms with E-state index in [9.17, 15) is 4.79 Å². The standard InChI is InChI=1S/C21H19N3OS/c1-14(2)15-7-9-16(10-8-15)20-23-17(12-26-20)11-24-13-22-19-6-4-3-5-18(19)21(24)25/h3-10,12-14H,11H2,1-2H3. The number of para-hydroxylation sites is 1. The Morgan fingerprint density at radius 1 is 1.08 bits per heavy atom. The molecule has 0 aliphatic rings. The lowest BCUT2D eigenvalue weighted by atomic mass is 10.0. The molecule has 4 nitrogen and oxygen atoms in total. The summed E-state index contributed by atoms with van der Waals surface area (Å²) >= 11 is 1.60. The van der Waals surface area contributed by atoms with Gasteiger partial charge in [-0.25, -0.2) is 9.97 Å². The normalized spacial score (nSPS) is 11.3. The first-order valence-electron chi connectivity index (χ1n) is 8.61. The maximum absolute atomic E-state index is 12.6. The van der Waals surface area contributed by atoms with Gasteiger partial charge >= 0.3 is 0 Å². The third-order valence-corrected chi connectivity index (χ3v) is 5.38. The van der Waals surface area contributed by atoms with E-state index in [0.29, 0.717) is 17.8 Å². The smallest absolute Gasteiger partial charge is 0.261 e. The van der Waals surface area contributed by atoms with Crippen molar-refractivity contribution >= 4 is 22.2 Å². The summed E-state index contributed by atoms with van der Waals surface area (Å²) in [5, 5.41) is 3.61. The highest BCUT2D eigenvalue weighted by Crippen LogP contribution is 2.26. The molecule has 0 aliphatic heterocycles. The van der Waals surface area contributed by atoms with E-state index in [2.05, 4.69) is 43.1 Å². The summed E-state index contributed by atoms with van der Waals surface area (Å²) in [5.74, 6) is 0.517. The molecule has 0 N–H and O–H groups in total. The predicted octanol–water partition coefficient (Wildman–Crippen LogP) is 4.69. The number of fused-ring (bicyclic) bond motifs is 1.